The van der Waals surface area contributed by atoms with E-state index in [1.54, 1.807) is 6.20 Å². The predicted molar refractivity (Wildman–Crippen MR) is 70.1 cm³/mol. The summed E-state index contributed by atoms with van der Waals surface area (Å²) in [6.07, 6.45) is 3.68. The van der Waals surface area contributed by atoms with E-state index < -0.39 is 0 Å². The van der Waals surface area contributed by atoms with Crippen molar-refractivity contribution in [2.24, 2.45) is 5.73 Å². The number of amides is 1. The van der Waals surface area contributed by atoms with E-state index in [0.717, 1.165) is 18.4 Å². The van der Waals surface area contributed by atoms with Gasteiger partial charge in [0, 0.05) is 18.7 Å². The SMILES string of the molecule is Cc1ccnc(Cl)c1NC(=O)CCCC(C)N. The maximum Gasteiger partial charge on any atom is 0.224 e. The third kappa shape index (κ3) is 4.71. The normalized spacial score (nSPS) is 12.2. The van der Waals surface area contributed by atoms with Crippen molar-refractivity contribution in [1.82, 2.24) is 4.98 Å². The van der Waals surface area contributed by atoms with Gasteiger partial charge < -0.3 is 11.1 Å². The van der Waals surface area contributed by atoms with Crippen LogP contribution in [0.25, 0.3) is 0 Å². The summed E-state index contributed by atoms with van der Waals surface area (Å²) in [5, 5.41) is 3.10. The molecule has 1 heterocycles. The molecule has 5 heteroatoms. The summed E-state index contributed by atoms with van der Waals surface area (Å²) in [6, 6.07) is 1.94. The zero-order valence-electron chi connectivity index (χ0n) is 10.2. The third-order valence-electron chi connectivity index (χ3n) is 2.44. The van der Waals surface area contributed by atoms with Crippen LogP contribution in [0.15, 0.2) is 12.3 Å². The molecule has 3 N–H and O–H groups in total. The van der Waals surface area contributed by atoms with Gasteiger partial charge in [0.05, 0.1) is 5.69 Å². The molecule has 0 bridgehead atoms. The molecule has 0 fully saturated rings. The van der Waals surface area contributed by atoms with E-state index in [9.17, 15) is 4.79 Å². The van der Waals surface area contributed by atoms with Crippen LogP contribution in [0, 0.1) is 6.92 Å². The number of carbonyl (C=O) groups is 1. The van der Waals surface area contributed by atoms with E-state index in [2.05, 4.69) is 10.3 Å². The van der Waals surface area contributed by atoms with Crippen LogP contribution >= 0.6 is 11.6 Å². The minimum absolute atomic E-state index is 0.0522. The van der Waals surface area contributed by atoms with Gasteiger partial charge in [0.1, 0.15) is 0 Å². The number of rotatable bonds is 5. The summed E-state index contributed by atoms with van der Waals surface area (Å²) < 4.78 is 0. The Hall–Kier alpha value is -1.13. The number of nitrogens with zero attached hydrogens (tertiary/aromatic N) is 1. The average molecular weight is 256 g/mol. The largest absolute Gasteiger partial charge is 0.328 e. The standard InChI is InChI=1S/C12H18ClN3O/c1-8-6-7-15-12(13)11(8)16-10(17)5-3-4-9(2)14/h6-7,9H,3-5,14H2,1-2H3,(H,16,17). The lowest BCUT2D eigenvalue weighted by Gasteiger charge is -2.09. The Morgan fingerprint density at radius 2 is 2.35 bits per heavy atom. The monoisotopic (exact) mass is 255 g/mol. The molecule has 94 valence electrons. The molecule has 1 unspecified atom stereocenters. The van der Waals surface area contributed by atoms with Crippen molar-refractivity contribution in [3.63, 3.8) is 0 Å². The van der Waals surface area contributed by atoms with Gasteiger partial charge in [0.15, 0.2) is 5.15 Å². The first-order valence-corrected chi connectivity index (χ1v) is 6.05. The highest BCUT2D eigenvalue weighted by molar-refractivity contribution is 6.32. The van der Waals surface area contributed by atoms with Crippen LogP contribution in [0.3, 0.4) is 0 Å². The molecule has 1 amide bonds. The smallest absolute Gasteiger partial charge is 0.224 e. The molecule has 0 aliphatic rings. The summed E-state index contributed by atoms with van der Waals surface area (Å²) in [5.41, 5.74) is 7.12. The van der Waals surface area contributed by atoms with Crippen molar-refractivity contribution in [2.45, 2.75) is 39.2 Å². The van der Waals surface area contributed by atoms with Crippen molar-refractivity contribution < 1.29 is 4.79 Å². The van der Waals surface area contributed by atoms with Crippen molar-refractivity contribution in [2.75, 3.05) is 5.32 Å². The molecule has 1 atom stereocenters. The highest BCUT2D eigenvalue weighted by Gasteiger charge is 2.09. The Balaban J connectivity index is 2.51. The second-order valence-corrected chi connectivity index (χ2v) is 4.57. The van der Waals surface area contributed by atoms with Crippen LogP contribution in [0.1, 0.15) is 31.7 Å². The summed E-state index contributed by atoms with van der Waals surface area (Å²) in [4.78, 5) is 15.6. The van der Waals surface area contributed by atoms with Crippen LogP contribution in [-0.2, 0) is 4.79 Å². The molecule has 1 rings (SSSR count). The molecule has 0 aliphatic heterocycles. The zero-order chi connectivity index (χ0) is 12.8. The summed E-state index contributed by atoms with van der Waals surface area (Å²) in [5.74, 6) is -0.0522. The van der Waals surface area contributed by atoms with Gasteiger partial charge in [-0.3, -0.25) is 4.79 Å². The highest BCUT2D eigenvalue weighted by Crippen LogP contribution is 2.22. The number of pyridine rings is 1. The Morgan fingerprint density at radius 3 is 2.94 bits per heavy atom. The fourth-order valence-corrected chi connectivity index (χ4v) is 1.71. The summed E-state index contributed by atoms with van der Waals surface area (Å²) in [6.45, 7) is 3.81. The highest BCUT2D eigenvalue weighted by atomic mass is 35.5. The van der Waals surface area contributed by atoms with Crippen LogP contribution in [0.2, 0.25) is 5.15 Å². The Morgan fingerprint density at radius 1 is 1.65 bits per heavy atom. The number of halogens is 1. The summed E-state index contributed by atoms with van der Waals surface area (Å²) in [7, 11) is 0. The van der Waals surface area contributed by atoms with Crippen molar-refractivity contribution in [3.8, 4) is 0 Å². The second kappa shape index (κ2) is 6.57. The maximum atomic E-state index is 11.7. The predicted octanol–water partition coefficient (Wildman–Crippen LogP) is 2.50. The molecule has 0 aromatic carbocycles. The first-order valence-electron chi connectivity index (χ1n) is 5.67. The molecular formula is C12H18ClN3O. The van der Waals surface area contributed by atoms with Crippen LogP contribution in [-0.4, -0.2) is 16.9 Å². The molecule has 1 aromatic rings. The Labute approximate surface area is 107 Å². The van der Waals surface area contributed by atoms with Crippen LogP contribution < -0.4 is 11.1 Å². The fourth-order valence-electron chi connectivity index (χ4n) is 1.46. The van der Waals surface area contributed by atoms with Crippen molar-refractivity contribution >= 4 is 23.2 Å². The van der Waals surface area contributed by atoms with E-state index in [1.165, 1.54) is 0 Å². The number of carbonyl (C=O) groups excluding carboxylic acids is 1. The number of hydrogen-bond donors (Lipinski definition) is 2. The van der Waals surface area contributed by atoms with Gasteiger partial charge in [-0.25, -0.2) is 4.98 Å². The lowest BCUT2D eigenvalue weighted by molar-refractivity contribution is -0.116. The number of hydrogen-bond acceptors (Lipinski definition) is 3. The molecule has 1 aromatic heterocycles. The Bertz CT molecular complexity index is 373. The first kappa shape index (κ1) is 13.9. The maximum absolute atomic E-state index is 11.7. The molecule has 0 saturated carbocycles. The summed E-state index contributed by atoms with van der Waals surface area (Å²) >= 11 is 5.91. The molecule has 0 aliphatic carbocycles. The second-order valence-electron chi connectivity index (χ2n) is 4.21. The molecular weight excluding hydrogens is 238 g/mol. The van der Waals surface area contributed by atoms with E-state index in [0.29, 0.717) is 17.3 Å². The molecule has 0 saturated heterocycles. The van der Waals surface area contributed by atoms with Crippen LogP contribution in [0.5, 0.6) is 0 Å². The fraction of sp³-hybridized carbons (Fsp3) is 0.500. The molecule has 0 spiro atoms. The van der Waals surface area contributed by atoms with Gasteiger partial charge >= 0.3 is 0 Å². The quantitative estimate of drug-likeness (QED) is 0.795. The first-order chi connectivity index (χ1) is 8.00. The lowest BCUT2D eigenvalue weighted by atomic mass is 10.1. The molecule has 4 nitrogen and oxygen atoms in total. The van der Waals surface area contributed by atoms with Gasteiger partial charge in [0.2, 0.25) is 5.91 Å². The zero-order valence-corrected chi connectivity index (χ0v) is 10.9. The number of aromatic nitrogens is 1. The number of nitrogens with two attached hydrogens (primary N) is 1. The van der Waals surface area contributed by atoms with Crippen LogP contribution in [0.4, 0.5) is 5.69 Å². The topological polar surface area (TPSA) is 68.0 Å². The number of nitrogens with one attached hydrogen (secondary N) is 1. The van der Waals surface area contributed by atoms with E-state index in [-0.39, 0.29) is 11.9 Å². The van der Waals surface area contributed by atoms with E-state index in [1.807, 2.05) is 19.9 Å². The van der Waals surface area contributed by atoms with Gasteiger partial charge in [-0.15, -0.1) is 0 Å². The minimum Gasteiger partial charge on any atom is -0.328 e. The third-order valence-corrected chi connectivity index (χ3v) is 2.73. The van der Waals surface area contributed by atoms with Gasteiger partial charge in [-0.05, 0) is 38.3 Å². The van der Waals surface area contributed by atoms with Gasteiger partial charge in [-0.1, -0.05) is 11.6 Å². The average Bonchev–Trinajstić information content (AvgIpc) is 2.23. The molecule has 0 radical (unpaired) electrons. The van der Waals surface area contributed by atoms with E-state index >= 15 is 0 Å². The van der Waals surface area contributed by atoms with Crippen molar-refractivity contribution in [1.29, 1.82) is 0 Å². The molecule has 17 heavy (non-hydrogen) atoms. The minimum atomic E-state index is -0.0522. The van der Waals surface area contributed by atoms with E-state index in [4.69, 9.17) is 17.3 Å². The van der Waals surface area contributed by atoms with Crippen molar-refractivity contribution in [3.05, 3.63) is 23.0 Å². The van der Waals surface area contributed by atoms with Gasteiger partial charge in [-0.2, -0.15) is 0 Å². The number of aryl methyl sites for hydroxylation is 1. The Kier molecular flexibility index (Phi) is 5.38. The lowest BCUT2D eigenvalue weighted by Crippen LogP contribution is -2.17. The number of anilines is 1. The van der Waals surface area contributed by atoms with Gasteiger partial charge in [0.25, 0.3) is 0 Å².